The monoisotopic (exact) mass is 335 g/mol. The second-order valence-electron chi connectivity index (χ2n) is 7.87. The van der Waals surface area contributed by atoms with E-state index in [4.69, 9.17) is 0 Å². The van der Waals surface area contributed by atoms with E-state index < -0.39 is 0 Å². The molecule has 5 heteroatoms. The maximum Gasteiger partial charge on any atom is 0.317 e. The summed E-state index contributed by atoms with van der Waals surface area (Å²) in [7, 11) is 0. The van der Waals surface area contributed by atoms with Crippen molar-refractivity contribution in [3.05, 3.63) is 0 Å². The third-order valence-corrected chi connectivity index (χ3v) is 6.30. The van der Waals surface area contributed by atoms with Crippen LogP contribution in [-0.2, 0) is 4.79 Å². The normalized spacial score (nSPS) is 28.9. The predicted octanol–water partition coefficient (Wildman–Crippen LogP) is 3.00. The van der Waals surface area contributed by atoms with Gasteiger partial charge in [0.25, 0.3) is 0 Å². The molecule has 24 heavy (non-hydrogen) atoms. The molecule has 0 radical (unpaired) electrons. The maximum absolute atomic E-state index is 12.5. The molecular formula is C19H33N3O2. The lowest BCUT2D eigenvalue weighted by molar-refractivity contribution is -0.135. The van der Waals surface area contributed by atoms with Crippen LogP contribution in [0.1, 0.15) is 64.7 Å². The van der Waals surface area contributed by atoms with E-state index >= 15 is 0 Å². The minimum Gasteiger partial charge on any atom is -0.342 e. The van der Waals surface area contributed by atoms with Crippen LogP contribution in [-0.4, -0.2) is 54.0 Å². The van der Waals surface area contributed by atoms with Crippen molar-refractivity contribution in [2.24, 2.45) is 11.8 Å². The largest absolute Gasteiger partial charge is 0.342 e. The third kappa shape index (κ3) is 4.22. The zero-order valence-corrected chi connectivity index (χ0v) is 15.1. The van der Waals surface area contributed by atoms with Crippen molar-refractivity contribution in [3.8, 4) is 0 Å². The lowest BCUT2D eigenvalue weighted by Crippen LogP contribution is -2.50. The van der Waals surface area contributed by atoms with Gasteiger partial charge in [-0.25, -0.2) is 4.79 Å². The molecule has 1 aliphatic carbocycles. The number of piperidine rings is 1. The summed E-state index contributed by atoms with van der Waals surface area (Å²) in [4.78, 5) is 28.9. The first-order chi connectivity index (χ1) is 11.7. The van der Waals surface area contributed by atoms with Gasteiger partial charge in [0.05, 0.1) is 0 Å². The van der Waals surface area contributed by atoms with Gasteiger partial charge in [-0.05, 0) is 57.3 Å². The lowest BCUT2D eigenvalue weighted by atomic mass is 9.84. The third-order valence-electron chi connectivity index (χ3n) is 6.30. The van der Waals surface area contributed by atoms with Crippen molar-refractivity contribution in [1.29, 1.82) is 0 Å². The Hall–Kier alpha value is -1.26. The first kappa shape index (κ1) is 17.6. The number of nitrogens with zero attached hydrogens (tertiary/aromatic N) is 2. The van der Waals surface area contributed by atoms with Crippen LogP contribution in [0.3, 0.4) is 0 Å². The molecule has 0 bridgehead atoms. The fourth-order valence-corrected chi connectivity index (χ4v) is 4.51. The van der Waals surface area contributed by atoms with E-state index in [0.29, 0.717) is 11.9 Å². The topological polar surface area (TPSA) is 52.7 Å². The molecule has 2 heterocycles. The van der Waals surface area contributed by atoms with Crippen LogP contribution in [0.4, 0.5) is 4.79 Å². The molecule has 2 saturated heterocycles. The van der Waals surface area contributed by atoms with Crippen molar-refractivity contribution in [2.75, 3.05) is 26.2 Å². The van der Waals surface area contributed by atoms with Gasteiger partial charge in [0.15, 0.2) is 0 Å². The van der Waals surface area contributed by atoms with Gasteiger partial charge >= 0.3 is 6.03 Å². The van der Waals surface area contributed by atoms with E-state index in [0.717, 1.165) is 70.6 Å². The van der Waals surface area contributed by atoms with Crippen molar-refractivity contribution < 1.29 is 9.59 Å². The number of amides is 3. The highest BCUT2D eigenvalue weighted by Crippen LogP contribution is 2.27. The van der Waals surface area contributed by atoms with E-state index in [2.05, 4.69) is 12.2 Å². The molecule has 3 rings (SSSR count). The van der Waals surface area contributed by atoms with Crippen LogP contribution < -0.4 is 5.32 Å². The molecular weight excluding hydrogens is 302 g/mol. The Kier molecular flexibility index (Phi) is 6.01. The minimum atomic E-state index is 0.0852. The summed E-state index contributed by atoms with van der Waals surface area (Å²) in [5.41, 5.74) is 0. The minimum absolute atomic E-state index is 0.0852. The van der Waals surface area contributed by atoms with Crippen LogP contribution in [0.2, 0.25) is 0 Å². The molecule has 3 amide bonds. The van der Waals surface area contributed by atoms with E-state index in [1.165, 1.54) is 19.3 Å². The quantitative estimate of drug-likeness (QED) is 0.862. The Morgan fingerprint density at radius 1 is 0.875 bits per heavy atom. The van der Waals surface area contributed by atoms with E-state index in [9.17, 15) is 9.59 Å². The Bertz CT molecular complexity index is 432. The molecule has 0 atom stereocenters. The van der Waals surface area contributed by atoms with Crippen LogP contribution in [0.25, 0.3) is 0 Å². The van der Waals surface area contributed by atoms with Crippen molar-refractivity contribution >= 4 is 11.9 Å². The summed E-state index contributed by atoms with van der Waals surface area (Å²) >= 11 is 0. The van der Waals surface area contributed by atoms with Crippen molar-refractivity contribution in [3.63, 3.8) is 0 Å². The van der Waals surface area contributed by atoms with Crippen LogP contribution in [0, 0.1) is 11.8 Å². The fourth-order valence-electron chi connectivity index (χ4n) is 4.51. The zero-order chi connectivity index (χ0) is 16.9. The number of carbonyl (C=O) groups excluding carboxylic acids is 2. The molecule has 0 aromatic rings. The number of urea groups is 1. The van der Waals surface area contributed by atoms with Crippen molar-refractivity contribution in [1.82, 2.24) is 15.1 Å². The molecule has 2 aliphatic heterocycles. The Balaban J connectivity index is 1.39. The molecule has 3 aliphatic rings. The first-order valence-corrected chi connectivity index (χ1v) is 10.0. The average molecular weight is 335 g/mol. The highest BCUT2D eigenvalue weighted by molar-refractivity contribution is 5.80. The van der Waals surface area contributed by atoms with E-state index in [1.807, 2.05) is 9.80 Å². The van der Waals surface area contributed by atoms with Crippen LogP contribution in [0.15, 0.2) is 0 Å². The highest BCUT2D eigenvalue weighted by atomic mass is 16.2. The first-order valence-electron chi connectivity index (χ1n) is 10.0. The summed E-state index contributed by atoms with van der Waals surface area (Å²) in [6.07, 6.45) is 9.93. The Morgan fingerprint density at radius 2 is 1.50 bits per heavy atom. The van der Waals surface area contributed by atoms with Crippen molar-refractivity contribution in [2.45, 2.75) is 70.8 Å². The second kappa shape index (κ2) is 8.21. The number of carbonyl (C=O) groups is 2. The number of nitrogens with one attached hydrogen (secondary N) is 1. The van der Waals surface area contributed by atoms with Crippen LogP contribution in [0.5, 0.6) is 0 Å². The number of hydrogen-bond donors (Lipinski definition) is 1. The maximum atomic E-state index is 12.5. The molecule has 0 aromatic heterocycles. The van der Waals surface area contributed by atoms with Gasteiger partial charge in [0.2, 0.25) is 5.91 Å². The number of hydrogen-bond acceptors (Lipinski definition) is 2. The molecule has 0 unspecified atom stereocenters. The summed E-state index contributed by atoms with van der Waals surface area (Å²) in [6.45, 7) is 5.57. The summed E-state index contributed by atoms with van der Waals surface area (Å²) in [5, 5.41) is 3.22. The number of likely N-dealkylation sites (tertiary alicyclic amines) is 2. The van der Waals surface area contributed by atoms with Gasteiger partial charge < -0.3 is 15.1 Å². The number of rotatable bonds is 3. The molecule has 136 valence electrons. The smallest absolute Gasteiger partial charge is 0.317 e. The molecule has 0 aromatic carbocycles. The lowest BCUT2D eigenvalue weighted by Gasteiger charge is -2.35. The summed E-state index contributed by atoms with van der Waals surface area (Å²) in [6, 6.07) is 0.436. The summed E-state index contributed by atoms with van der Waals surface area (Å²) < 4.78 is 0. The Morgan fingerprint density at radius 3 is 2.08 bits per heavy atom. The fraction of sp³-hybridized carbons (Fsp3) is 0.895. The highest BCUT2D eigenvalue weighted by Gasteiger charge is 2.32. The van der Waals surface area contributed by atoms with Gasteiger partial charge in [-0.1, -0.05) is 13.3 Å². The van der Waals surface area contributed by atoms with Gasteiger partial charge in [-0.15, -0.1) is 0 Å². The summed E-state index contributed by atoms with van der Waals surface area (Å²) in [5.74, 6) is 1.31. The molecule has 1 N–H and O–H groups in total. The second-order valence-corrected chi connectivity index (χ2v) is 7.87. The molecule has 5 nitrogen and oxygen atoms in total. The molecule has 0 spiro atoms. The van der Waals surface area contributed by atoms with Gasteiger partial charge in [0, 0.05) is 38.1 Å². The van der Waals surface area contributed by atoms with E-state index in [-0.39, 0.29) is 11.9 Å². The predicted molar refractivity (Wildman–Crippen MR) is 94.7 cm³/mol. The standard InChI is InChI=1S/C19H33N3O2/c1-2-15-5-7-17(8-6-15)20-19(24)22-13-9-16(10-14-22)18(23)21-11-3-4-12-21/h15-17H,2-14H2,1H3,(H,20,24). The van der Waals surface area contributed by atoms with Gasteiger partial charge in [0.1, 0.15) is 0 Å². The van der Waals surface area contributed by atoms with E-state index in [1.54, 1.807) is 0 Å². The van der Waals surface area contributed by atoms with Gasteiger partial charge in [-0.2, -0.15) is 0 Å². The molecule has 3 fully saturated rings. The SMILES string of the molecule is CCC1CCC(NC(=O)N2CCC(C(=O)N3CCCC3)CC2)CC1. The zero-order valence-electron chi connectivity index (χ0n) is 15.1. The molecule has 1 saturated carbocycles. The average Bonchev–Trinajstić information content (AvgIpc) is 3.16. The van der Waals surface area contributed by atoms with Gasteiger partial charge in [-0.3, -0.25) is 4.79 Å². The van der Waals surface area contributed by atoms with Crippen LogP contribution >= 0.6 is 0 Å². The Labute approximate surface area is 146 Å².